The number of aromatic nitrogens is 2. The molecule has 0 N–H and O–H groups in total. The molecule has 3 aromatic carbocycles. The molecular formula is C30H20IrN2O2-2. The Morgan fingerprint density at radius 1 is 0.743 bits per heavy atom. The fourth-order valence-electron chi connectivity index (χ4n) is 3.70. The molecule has 3 heterocycles. The van der Waals surface area contributed by atoms with Gasteiger partial charge in [-0.15, -0.1) is 54.1 Å². The topological polar surface area (TPSA) is 56.0 Å². The maximum Gasteiger partial charge on any atom is 0.182 e. The molecule has 0 spiro atoms. The van der Waals surface area contributed by atoms with E-state index < -0.39 is 0 Å². The first-order valence-electron chi connectivity index (χ1n) is 10.9. The van der Waals surface area contributed by atoms with Crippen LogP contribution in [0.25, 0.3) is 44.5 Å². The maximum absolute atomic E-state index is 12.7. The van der Waals surface area contributed by atoms with Gasteiger partial charge in [0.15, 0.2) is 5.43 Å². The first-order chi connectivity index (χ1) is 16.7. The van der Waals surface area contributed by atoms with Crippen LogP contribution in [-0.2, 0) is 20.1 Å². The predicted molar refractivity (Wildman–Crippen MR) is 135 cm³/mol. The molecule has 173 valence electrons. The number of pyridine rings is 2. The molecule has 4 nitrogen and oxygen atoms in total. The molecule has 0 bridgehead atoms. The van der Waals surface area contributed by atoms with Gasteiger partial charge >= 0.3 is 0 Å². The standard InChI is InChI=1S/C19H12NO2.C11H8N.Ir/c1-12-8-9-14-17(11-12)22-19-13(16-7-2-3-10-20-16)5-4-6-15(19)18(14)21;1-2-6-10(7-3-1)11-8-4-5-9-12-11;/h2-4,6-11H,1H3;1-6,8-9H;/q2*-1;. The zero-order valence-electron chi connectivity index (χ0n) is 18.9. The summed E-state index contributed by atoms with van der Waals surface area (Å²) in [7, 11) is 0. The van der Waals surface area contributed by atoms with Crippen molar-refractivity contribution in [2.24, 2.45) is 0 Å². The third kappa shape index (κ3) is 5.27. The van der Waals surface area contributed by atoms with Gasteiger partial charge in [-0.3, -0.25) is 4.79 Å². The summed E-state index contributed by atoms with van der Waals surface area (Å²) in [5.74, 6) is 0. The van der Waals surface area contributed by atoms with Gasteiger partial charge in [-0.05, 0) is 53.5 Å². The number of rotatable bonds is 2. The summed E-state index contributed by atoms with van der Waals surface area (Å²) >= 11 is 0. The summed E-state index contributed by atoms with van der Waals surface area (Å²) in [6.45, 7) is 1.97. The summed E-state index contributed by atoms with van der Waals surface area (Å²) in [5, 5.41) is 1.15. The molecule has 0 aliphatic carbocycles. The Kier molecular flexibility index (Phi) is 7.61. The molecular weight excluding hydrogens is 613 g/mol. The minimum absolute atomic E-state index is 0. The van der Waals surface area contributed by atoms with Crippen molar-refractivity contribution in [1.29, 1.82) is 0 Å². The van der Waals surface area contributed by atoms with Crippen LogP contribution in [-0.4, -0.2) is 9.97 Å². The first kappa shape index (κ1) is 24.2. The Morgan fingerprint density at radius 2 is 1.49 bits per heavy atom. The average Bonchev–Trinajstić information content (AvgIpc) is 2.90. The summed E-state index contributed by atoms with van der Waals surface area (Å²) in [5.41, 5.74) is 5.60. The van der Waals surface area contributed by atoms with Crippen LogP contribution in [0.5, 0.6) is 0 Å². The van der Waals surface area contributed by atoms with E-state index in [1.165, 1.54) is 0 Å². The third-order valence-electron chi connectivity index (χ3n) is 5.36. The fraction of sp³-hybridized carbons (Fsp3) is 0.0333. The van der Waals surface area contributed by atoms with Gasteiger partial charge in [-0.2, -0.15) is 0 Å². The van der Waals surface area contributed by atoms with Gasteiger partial charge in [0, 0.05) is 32.5 Å². The molecule has 0 unspecified atom stereocenters. The third-order valence-corrected chi connectivity index (χ3v) is 5.36. The molecule has 6 aromatic rings. The molecule has 3 aromatic heterocycles. The summed E-state index contributed by atoms with van der Waals surface area (Å²) in [4.78, 5) is 21.2. The van der Waals surface area contributed by atoms with Crippen LogP contribution in [0.4, 0.5) is 0 Å². The number of fused-ring (bicyclic) bond motifs is 2. The fourth-order valence-corrected chi connectivity index (χ4v) is 3.70. The number of hydrogen-bond donors (Lipinski definition) is 0. The molecule has 0 amide bonds. The number of nitrogens with zero attached hydrogens (tertiary/aromatic N) is 2. The Morgan fingerprint density at radius 3 is 2.17 bits per heavy atom. The van der Waals surface area contributed by atoms with E-state index in [0.717, 1.165) is 22.5 Å². The van der Waals surface area contributed by atoms with Crippen molar-refractivity contribution in [3.63, 3.8) is 0 Å². The maximum atomic E-state index is 12.7. The second-order valence-electron chi connectivity index (χ2n) is 7.73. The Hall–Kier alpha value is -3.92. The van der Waals surface area contributed by atoms with E-state index in [1.807, 2.05) is 85.8 Å². The predicted octanol–water partition coefficient (Wildman–Crippen LogP) is 6.66. The number of hydrogen-bond acceptors (Lipinski definition) is 4. The average molecular weight is 633 g/mol. The van der Waals surface area contributed by atoms with Crippen molar-refractivity contribution >= 4 is 21.9 Å². The molecule has 35 heavy (non-hydrogen) atoms. The zero-order chi connectivity index (χ0) is 23.3. The van der Waals surface area contributed by atoms with Gasteiger partial charge in [0.05, 0.1) is 11.0 Å². The van der Waals surface area contributed by atoms with Gasteiger partial charge in [0.2, 0.25) is 0 Å². The number of aryl methyl sites for hydroxylation is 1. The summed E-state index contributed by atoms with van der Waals surface area (Å²) in [6.07, 6.45) is 3.50. The van der Waals surface area contributed by atoms with Crippen LogP contribution in [0.15, 0.2) is 113 Å². The van der Waals surface area contributed by atoms with E-state index in [1.54, 1.807) is 24.5 Å². The quantitative estimate of drug-likeness (QED) is 0.158. The van der Waals surface area contributed by atoms with Crippen LogP contribution in [0.1, 0.15) is 5.56 Å². The van der Waals surface area contributed by atoms with Gasteiger partial charge < -0.3 is 14.4 Å². The minimum atomic E-state index is -0.0255. The SMILES string of the molecule is Cc1ccc2c(=O)c3cc[c-]c(-c4ccccn4)c3oc2c1.[Ir].[c-]1ccccc1-c1ccccn1. The van der Waals surface area contributed by atoms with Gasteiger partial charge in [0.25, 0.3) is 0 Å². The molecule has 0 saturated carbocycles. The van der Waals surface area contributed by atoms with Crippen LogP contribution in [0, 0.1) is 19.1 Å². The van der Waals surface area contributed by atoms with Crippen molar-refractivity contribution in [3.05, 3.63) is 131 Å². The molecule has 0 saturated heterocycles. The van der Waals surface area contributed by atoms with Gasteiger partial charge in [-0.1, -0.05) is 35.9 Å². The van der Waals surface area contributed by atoms with Gasteiger partial charge in [-0.25, -0.2) is 0 Å². The van der Waals surface area contributed by atoms with Crippen molar-refractivity contribution < 1.29 is 24.5 Å². The smallest absolute Gasteiger partial charge is 0.182 e. The molecule has 0 aliphatic heterocycles. The molecule has 0 aliphatic rings. The Balaban J connectivity index is 0.000000189. The van der Waals surface area contributed by atoms with E-state index in [-0.39, 0.29) is 25.5 Å². The largest absolute Gasteiger partial charge is 0.500 e. The van der Waals surface area contributed by atoms with Crippen LogP contribution >= 0.6 is 0 Å². The zero-order valence-corrected chi connectivity index (χ0v) is 21.3. The van der Waals surface area contributed by atoms with Crippen LogP contribution < -0.4 is 5.43 Å². The van der Waals surface area contributed by atoms with Crippen molar-refractivity contribution in [2.75, 3.05) is 0 Å². The molecule has 5 heteroatoms. The Bertz CT molecular complexity index is 1580. The van der Waals surface area contributed by atoms with Crippen molar-refractivity contribution in [3.8, 4) is 22.5 Å². The molecule has 6 rings (SSSR count). The second kappa shape index (κ2) is 11.0. The minimum Gasteiger partial charge on any atom is -0.500 e. The van der Waals surface area contributed by atoms with Crippen LogP contribution in [0.3, 0.4) is 0 Å². The van der Waals surface area contributed by atoms with E-state index in [0.29, 0.717) is 27.5 Å². The molecule has 1 radical (unpaired) electrons. The first-order valence-corrected chi connectivity index (χ1v) is 10.9. The normalized spacial score (nSPS) is 10.3. The van der Waals surface area contributed by atoms with Gasteiger partial charge in [0.1, 0.15) is 5.58 Å². The van der Waals surface area contributed by atoms with E-state index >= 15 is 0 Å². The van der Waals surface area contributed by atoms with E-state index in [2.05, 4.69) is 22.1 Å². The van der Waals surface area contributed by atoms with E-state index in [9.17, 15) is 4.79 Å². The van der Waals surface area contributed by atoms with Crippen molar-refractivity contribution in [2.45, 2.75) is 6.92 Å². The summed E-state index contributed by atoms with van der Waals surface area (Å²) < 4.78 is 6.02. The van der Waals surface area contributed by atoms with E-state index in [4.69, 9.17) is 4.42 Å². The monoisotopic (exact) mass is 633 g/mol. The van der Waals surface area contributed by atoms with Crippen molar-refractivity contribution in [1.82, 2.24) is 9.97 Å². The Labute approximate surface area is 216 Å². The molecule has 0 fully saturated rings. The second-order valence-corrected chi connectivity index (χ2v) is 7.73. The molecule has 0 atom stereocenters. The summed E-state index contributed by atoms with van der Waals surface area (Å²) in [6, 6.07) is 34.7. The van der Waals surface area contributed by atoms with Crippen LogP contribution in [0.2, 0.25) is 0 Å². The number of benzene rings is 3.